The molecule has 0 saturated heterocycles. The van der Waals surface area contributed by atoms with Crippen LogP contribution in [0.25, 0.3) is 11.0 Å². The minimum atomic E-state index is -0.126. The number of amides is 1. The van der Waals surface area contributed by atoms with Gasteiger partial charge < -0.3 is 14.5 Å². The maximum absolute atomic E-state index is 12.5. The lowest BCUT2D eigenvalue weighted by Gasteiger charge is -2.28. The fourth-order valence-corrected chi connectivity index (χ4v) is 4.60. The Hall–Kier alpha value is -1.97. The third-order valence-corrected chi connectivity index (χ3v) is 5.75. The number of ether oxygens (including phenoxy) is 1. The van der Waals surface area contributed by atoms with Crippen LogP contribution in [-0.4, -0.2) is 19.1 Å². The summed E-state index contributed by atoms with van der Waals surface area (Å²) in [4.78, 5) is 12.5. The predicted octanol–water partition coefficient (Wildman–Crippen LogP) is 4.00. The van der Waals surface area contributed by atoms with E-state index in [4.69, 9.17) is 9.15 Å². The van der Waals surface area contributed by atoms with E-state index in [1.165, 1.54) is 25.7 Å². The molecule has 0 spiro atoms. The molecule has 1 heterocycles. The number of benzene rings is 1. The average molecular weight is 313 g/mol. The first kappa shape index (κ1) is 14.6. The van der Waals surface area contributed by atoms with Crippen molar-refractivity contribution in [3.63, 3.8) is 0 Å². The van der Waals surface area contributed by atoms with Gasteiger partial charge in [-0.3, -0.25) is 4.79 Å². The molecule has 2 saturated carbocycles. The molecule has 2 aliphatic carbocycles. The van der Waals surface area contributed by atoms with E-state index in [2.05, 4.69) is 12.2 Å². The van der Waals surface area contributed by atoms with Gasteiger partial charge in [0, 0.05) is 11.4 Å². The summed E-state index contributed by atoms with van der Waals surface area (Å²) >= 11 is 0. The molecule has 1 aromatic heterocycles. The van der Waals surface area contributed by atoms with Gasteiger partial charge in [-0.1, -0.05) is 18.6 Å². The van der Waals surface area contributed by atoms with Gasteiger partial charge in [0.05, 0.1) is 7.11 Å². The van der Waals surface area contributed by atoms with E-state index in [-0.39, 0.29) is 11.9 Å². The fraction of sp³-hybridized carbons (Fsp3) is 0.526. The second kappa shape index (κ2) is 5.59. The van der Waals surface area contributed by atoms with Crippen LogP contribution in [0.3, 0.4) is 0 Å². The Labute approximate surface area is 136 Å². The molecule has 2 aliphatic rings. The molecule has 1 aromatic carbocycles. The highest BCUT2D eigenvalue weighted by atomic mass is 16.5. The number of para-hydroxylation sites is 1. The molecule has 122 valence electrons. The number of furan rings is 1. The lowest BCUT2D eigenvalue weighted by atomic mass is 9.84. The third kappa shape index (κ3) is 2.50. The van der Waals surface area contributed by atoms with Gasteiger partial charge in [-0.15, -0.1) is 0 Å². The number of fused-ring (bicyclic) bond motifs is 3. The summed E-state index contributed by atoms with van der Waals surface area (Å²) in [5, 5.41) is 4.04. The Bertz CT molecular complexity index is 735. The SMILES string of the molecule is COc1cccc2cc(C(=O)NC(C)C3CC4CCC3C4)oc12. The van der Waals surface area contributed by atoms with Crippen LogP contribution in [-0.2, 0) is 0 Å². The second-order valence-electron chi connectivity index (χ2n) is 7.09. The Morgan fingerprint density at radius 1 is 1.35 bits per heavy atom. The van der Waals surface area contributed by atoms with Crippen molar-refractivity contribution in [2.75, 3.05) is 7.11 Å². The van der Waals surface area contributed by atoms with Crippen molar-refractivity contribution in [1.29, 1.82) is 0 Å². The van der Waals surface area contributed by atoms with E-state index in [0.29, 0.717) is 23.0 Å². The predicted molar refractivity (Wildman–Crippen MR) is 88.6 cm³/mol. The summed E-state index contributed by atoms with van der Waals surface area (Å²) in [6, 6.07) is 7.66. The zero-order chi connectivity index (χ0) is 16.0. The van der Waals surface area contributed by atoms with Gasteiger partial charge in [0.25, 0.3) is 5.91 Å². The van der Waals surface area contributed by atoms with E-state index in [9.17, 15) is 4.79 Å². The van der Waals surface area contributed by atoms with E-state index < -0.39 is 0 Å². The maximum Gasteiger partial charge on any atom is 0.287 e. The first-order valence-electron chi connectivity index (χ1n) is 8.53. The molecule has 2 aromatic rings. The molecular weight excluding hydrogens is 290 g/mol. The highest BCUT2D eigenvalue weighted by molar-refractivity contribution is 5.97. The zero-order valence-corrected chi connectivity index (χ0v) is 13.7. The molecule has 0 radical (unpaired) electrons. The van der Waals surface area contributed by atoms with Gasteiger partial charge >= 0.3 is 0 Å². The lowest BCUT2D eigenvalue weighted by Crippen LogP contribution is -2.39. The number of carbonyl (C=O) groups is 1. The number of hydrogen-bond donors (Lipinski definition) is 1. The van der Waals surface area contributed by atoms with Crippen LogP contribution in [0.2, 0.25) is 0 Å². The summed E-state index contributed by atoms with van der Waals surface area (Å²) in [6.45, 7) is 2.13. The van der Waals surface area contributed by atoms with Crippen molar-refractivity contribution in [3.8, 4) is 5.75 Å². The highest BCUT2D eigenvalue weighted by Crippen LogP contribution is 2.49. The highest BCUT2D eigenvalue weighted by Gasteiger charge is 2.42. The van der Waals surface area contributed by atoms with E-state index in [1.807, 2.05) is 18.2 Å². The van der Waals surface area contributed by atoms with Crippen molar-refractivity contribution < 1.29 is 13.9 Å². The standard InChI is InChI=1S/C19H23NO3/c1-11(15-9-12-6-7-13(15)8-12)20-19(21)17-10-14-4-3-5-16(22-2)18(14)23-17/h3-5,10-13,15H,6-9H2,1-2H3,(H,20,21). The fourth-order valence-electron chi connectivity index (χ4n) is 4.60. The molecule has 4 heteroatoms. The normalized spacial score (nSPS) is 27.3. The first-order chi connectivity index (χ1) is 11.2. The Morgan fingerprint density at radius 2 is 2.22 bits per heavy atom. The maximum atomic E-state index is 12.5. The van der Waals surface area contributed by atoms with Gasteiger partial charge in [-0.05, 0) is 56.1 Å². The molecule has 23 heavy (non-hydrogen) atoms. The van der Waals surface area contributed by atoms with Crippen LogP contribution in [0.4, 0.5) is 0 Å². The Morgan fingerprint density at radius 3 is 2.91 bits per heavy atom. The number of hydrogen-bond acceptors (Lipinski definition) is 3. The van der Waals surface area contributed by atoms with Crippen LogP contribution >= 0.6 is 0 Å². The summed E-state index contributed by atoms with van der Waals surface area (Å²) in [7, 11) is 1.61. The lowest BCUT2D eigenvalue weighted by molar-refractivity contribution is 0.0889. The van der Waals surface area contributed by atoms with Gasteiger partial charge in [0.15, 0.2) is 17.1 Å². The smallest absolute Gasteiger partial charge is 0.287 e. The second-order valence-corrected chi connectivity index (χ2v) is 7.09. The van der Waals surface area contributed by atoms with E-state index >= 15 is 0 Å². The molecule has 0 aliphatic heterocycles. The molecule has 4 nitrogen and oxygen atoms in total. The van der Waals surface area contributed by atoms with Crippen molar-refractivity contribution in [2.45, 2.75) is 38.6 Å². The molecule has 1 N–H and O–H groups in total. The largest absolute Gasteiger partial charge is 0.493 e. The molecule has 4 unspecified atom stereocenters. The average Bonchev–Trinajstić information content (AvgIpc) is 3.28. The molecule has 4 atom stereocenters. The van der Waals surface area contributed by atoms with E-state index in [0.717, 1.165) is 17.2 Å². The van der Waals surface area contributed by atoms with Crippen LogP contribution < -0.4 is 10.1 Å². The summed E-state index contributed by atoms with van der Waals surface area (Å²) in [6.07, 6.45) is 5.33. The molecule has 2 fully saturated rings. The Kier molecular flexibility index (Phi) is 3.55. The van der Waals surface area contributed by atoms with Crippen molar-refractivity contribution in [2.24, 2.45) is 17.8 Å². The van der Waals surface area contributed by atoms with Crippen molar-refractivity contribution in [3.05, 3.63) is 30.0 Å². The van der Waals surface area contributed by atoms with E-state index in [1.54, 1.807) is 13.2 Å². The van der Waals surface area contributed by atoms with Gasteiger partial charge in [-0.2, -0.15) is 0 Å². The molecule has 4 rings (SSSR count). The minimum Gasteiger partial charge on any atom is -0.493 e. The van der Waals surface area contributed by atoms with Gasteiger partial charge in [-0.25, -0.2) is 0 Å². The van der Waals surface area contributed by atoms with Gasteiger partial charge in [0.2, 0.25) is 0 Å². The van der Waals surface area contributed by atoms with Crippen LogP contribution in [0, 0.1) is 17.8 Å². The topological polar surface area (TPSA) is 51.5 Å². The summed E-state index contributed by atoms with van der Waals surface area (Å²) < 4.78 is 11.0. The third-order valence-electron chi connectivity index (χ3n) is 5.75. The minimum absolute atomic E-state index is 0.126. The van der Waals surface area contributed by atoms with Crippen LogP contribution in [0.5, 0.6) is 5.75 Å². The molecule has 2 bridgehead atoms. The van der Waals surface area contributed by atoms with Crippen LogP contribution in [0.15, 0.2) is 28.7 Å². The quantitative estimate of drug-likeness (QED) is 0.928. The summed E-state index contributed by atoms with van der Waals surface area (Å²) in [5.41, 5.74) is 0.632. The number of methoxy groups -OCH3 is 1. The number of carbonyl (C=O) groups excluding carboxylic acids is 1. The first-order valence-corrected chi connectivity index (χ1v) is 8.53. The molecule has 1 amide bonds. The van der Waals surface area contributed by atoms with Crippen molar-refractivity contribution in [1.82, 2.24) is 5.32 Å². The monoisotopic (exact) mass is 313 g/mol. The van der Waals surface area contributed by atoms with Gasteiger partial charge in [0.1, 0.15) is 0 Å². The van der Waals surface area contributed by atoms with Crippen molar-refractivity contribution >= 4 is 16.9 Å². The number of rotatable bonds is 4. The molecular formula is C19H23NO3. The van der Waals surface area contributed by atoms with Crippen LogP contribution in [0.1, 0.15) is 43.2 Å². The summed E-state index contributed by atoms with van der Waals surface area (Å²) in [5.74, 6) is 3.20. The number of nitrogens with one attached hydrogen (secondary N) is 1. The Balaban J connectivity index is 1.50. The zero-order valence-electron chi connectivity index (χ0n) is 13.7.